The van der Waals surface area contributed by atoms with E-state index in [1.807, 2.05) is 6.92 Å². The van der Waals surface area contributed by atoms with E-state index in [0.29, 0.717) is 0 Å². The summed E-state index contributed by atoms with van der Waals surface area (Å²) >= 11 is 0. The molecule has 0 aliphatic carbocycles. The Balaban J connectivity index is 2.19. The third-order valence-electron chi connectivity index (χ3n) is 12.0. The van der Waals surface area contributed by atoms with E-state index < -0.39 is 127 Å². The third-order valence-corrected chi connectivity index (χ3v) is 12.0. The molecule has 0 bridgehead atoms. The molecule has 300 valence electrons. The van der Waals surface area contributed by atoms with Gasteiger partial charge in [-0.1, -0.05) is 27.7 Å². The van der Waals surface area contributed by atoms with E-state index in [-0.39, 0.29) is 25.7 Å². The first-order chi connectivity index (χ1) is 24.6. The summed E-state index contributed by atoms with van der Waals surface area (Å²) in [6.07, 6.45) is -10.7. The first-order valence-electron chi connectivity index (χ1n) is 20.0. The van der Waals surface area contributed by atoms with Crippen LogP contribution in [0.1, 0.15) is 99.0 Å². The van der Waals surface area contributed by atoms with Crippen molar-refractivity contribution in [2.45, 2.75) is 185 Å². The molecule has 51 heavy (non-hydrogen) atoms. The lowest BCUT2D eigenvalue weighted by Gasteiger charge is -2.49. The quantitative estimate of drug-likeness (QED) is 0.206. The SMILES string of the molecule is [2H]C([2H])([2H])N(C)C1CC(C)OC(O[C@@H]2[C@@H](C)[C@H](OC3CC(C)(OC)C(O)C(C)O3)[C@@H](C)C(=O)O[C@H](CC)[C@@](C)(O)[C@H](O)[C@@H](C)[C@@H](N)[C@H](C)C[C@@]2(C)O)C1O. The predicted octanol–water partition coefficient (Wildman–Crippen LogP) is 1.54. The van der Waals surface area contributed by atoms with Gasteiger partial charge in [0.2, 0.25) is 0 Å². The van der Waals surface area contributed by atoms with Crippen LogP contribution in [0, 0.1) is 23.7 Å². The number of carbonyl (C=O) groups excluding carboxylic acids is 1. The first-order valence-corrected chi connectivity index (χ1v) is 18.5. The van der Waals surface area contributed by atoms with Crippen molar-refractivity contribution < 1.29 is 62.9 Å². The molecule has 3 fully saturated rings. The van der Waals surface area contributed by atoms with Gasteiger partial charge in [0.1, 0.15) is 23.9 Å². The number of cyclic esters (lactones) is 1. The molecule has 0 spiro atoms. The highest BCUT2D eigenvalue weighted by Crippen LogP contribution is 2.41. The molecule has 3 aliphatic heterocycles. The molecule has 19 atom stereocenters. The number of rotatable bonds is 7. The molecule has 0 amide bonds. The summed E-state index contributed by atoms with van der Waals surface area (Å²) in [5.74, 6) is -3.98. The lowest BCUT2D eigenvalue weighted by atomic mass is 9.72. The van der Waals surface area contributed by atoms with E-state index >= 15 is 0 Å². The van der Waals surface area contributed by atoms with Gasteiger partial charge >= 0.3 is 5.97 Å². The van der Waals surface area contributed by atoms with Crippen LogP contribution < -0.4 is 5.73 Å². The van der Waals surface area contributed by atoms with Crippen molar-refractivity contribution in [1.82, 2.24) is 4.90 Å². The van der Waals surface area contributed by atoms with Crippen molar-refractivity contribution in [3.05, 3.63) is 0 Å². The van der Waals surface area contributed by atoms with Crippen LogP contribution in [-0.2, 0) is 33.2 Å². The Morgan fingerprint density at radius 3 is 2.18 bits per heavy atom. The number of carbonyl (C=O) groups is 1. The molecule has 3 rings (SSSR count). The zero-order valence-corrected chi connectivity index (χ0v) is 32.7. The molecule has 0 aromatic heterocycles. The minimum atomic E-state index is -2.53. The molecule has 14 heteroatoms. The van der Waals surface area contributed by atoms with Gasteiger partial charge in [-0.15, -0.1) is 0 Å². The lowest BCUT2D eigenvalue weighted by molar-refractivity contribution is -0.318. The zero-order chi connectivity index (χ0) is 41.5. The maximum atomic E-state index is 14.2. The molecule has 7 N–H and O–H groups in total. The number of aliphatic hydroxyl groups excluding tert-OH is 3. The Morgan fingerprint density at radius 2 is 1.61 bits per heavy atom. The van der Waals surface area contributed by atoms with Crippen LogP contribution in [0.15, 0.2) is 0 Å². The van der Waals surface area contributed by atoms with Crippen LogP contribution in [0.4, 0.5) is 0 Å². The Labute approximate surface area is 309 Å². The fourth-order valence-corrected chi connectivity index (χ4v) is 8.50. The van der Waals surface area contributed by atoms with Crippen LogP contribution in [-0.4, -0.2) is 148 Å². The van der Waals surface area contributed by atoms with E-state index in [9.17, 15) is 30.3 Å². The maximum absolute atomic E-state index is 14.2. The van der Waals surface area contributed by atoms with Gasteiger partial charge in [-0.3, -0.25) is 4.79 Å². The van der Waals surface area contributed by atoms with Gasteiger partial charge in [0, 0.05) is 41.6 Å². The molecule has 8 unspecified atom stereocenters. The standard InChI is InChI=1S/C37H70N2O12/c1-14-25-37(10,45)30(41)20(4)27(38)18(2)16-35(8,44)32(51-34-28(40)24(39(11)12)15-19(3)47-34)21(5)29(22(6)33(43)49-25)50-26-17-36(9,46-13)31(42)23(7)48-26/h18-32,34,40-42,44-45H,14-17,38H2,1-13H3/t18-,19?,20+,21+,22-,23?,24?,25-,26?,27+,28?,29+,30-,31?,32-,34?,35-,36?,37-/m1/s1/i11D3. The summed E-state index contributed by atoms with van der Waals surface area (Å²) in [4.78, 5) is 15.3. The van der Waals surface area contributed by atoms with Crippen molar-refractivity contribution in [3.63, 3.8) is 0 Å². The summed E-state index contributed by atoms with van der Waals surface area (Å²) in [5, 5.41) is 58.2. The topological polar surface area (TPSA) is 203 Å². The second kappa shape index (κ2) is 17.2. The van der Waals surface area contributed by atoms with Crippen LogP contribution >= 0.6 is 0 Å². The van der Waals surface area contributed by atoms with Gasteiger partial charge in [-0.2, -0.15) is 0 Å². The van der Waals surface area contributed by atoms with Crippen molar-refractivity contribution in [2.75, 3.05) is 21.1 Å². The minimum absolute atomic E-state index is 0.00694. The zero-order valence-electron chi connectivity index (χ0n) is 35.7. The van der Waals surface area contributed by atoms with Gasteiger partial charge in [0.15, 0.2) is 12.6 Å². The van der Waals surface area contributed by atoms with Crippen molar-refractivity contribution >= 4 is 5.97 Å². The van der Waals surface area contributed by atoms with Gasteiger partial charge < -0.3 is 64.6 Å². The van der Waals surface area contributed by atoms with Crippen molar-refractivity contribution in [3.8, 4) is 0 Å². The molecular weight excluding hydrogens is 664 g/mol. The number of likely N-dealkylation sites (N-methyl/N-ethyl adjacent to an activating group) is 1. The normalized spacial score (nSPS) is 52.3. The van der Waals surface area contributed by atoms with E-state index in [2.05, 4.69) is 0 Å². The molecule has 14 nitrogen and oxygen atoms in total. The van der Waals surface area contributed by atoms with E-state index in [1.165, 1.54) is 28.0 Å². The van der Waals surface area contributed by atoms with Crippen LogP contribution in [0.2, 0.25) is 0 Å². The summed E-state index contributed by atoms with van der Waals surface area (Å²) in [6, 6.07) is -1.66. The lowest BCUT2D eigenvalue weighted by Crippen LogP contribution is -2.62. The van der Waals surface area contributed by atoms with Crippen LogP contribution in [0.3, 0.4) is 0 Å². The number of ether oxygens (including phenoxy) is 6. The molecule has 0 aromatic carbocycles. The molecule has 0 radical (unpaired) electrons. The minimum Gasteiger partial charge on any atom is -0.459 e. The molecule has 0 aromatic rings. The monoisotopic (exact) mass is 738 g/mol. The fraction of sp³-hybridized carbons (Fsp3) is 0.973. The number of hydrogen-bond acceptors (Lipinski definition) is 14. The average molecular weight is 738 g/mol. The summed E-state index contributed by atoms with van der Waals surface area (Å²) in [7, 11) is 2.86. The highest BCUT2D eigenvalue weighted by molar-refractivity contribution is 5.73. The summed E-state index contributed by atoms with van der Waals surface area (Å²) in [6.45, 7) is 14.0. The van der Waals surface area contributed by atoms with Crippen LogP contribution in [0.25, 0.3) is 0 Å². The fourth-order valence-electron chi connectivity index (χ4n) is 8.50. The number of methoxy groups -OCH3 is 1. The van der Waals surface area contributed by atoms with Crippen molar-refractivity contribution in [2.24, 2.45) is 29.4 Å². The Hall–Kier alpha value is -1.01. The van der Waals surface area contributed by atoms with Gasteiger partial charge in [-0.05, 0) is 80.7 Å². The van der Waals surface area contributed by atoms with E-state index in [4.69, 9.17) is 38.3 Å². The number of hydrogen-bond donors (Lipinski definition) is 6. The summed E-state index contributed by atoms with van der Waals surface area (Å²) in [5.41, 5.74) is 1.96. The maximum Gasteiger partial charge on any atom is 0.311 e. The average Bonchev–Trinajstić information content (AvgIpc) is 3.08. The molecule has 3 saturated heterocycles. The predicted molar refractivity (Wildman–Crippen MR) is 189 cm³/mol. The molecule has 0 saturated carbocycles. The second-order valence-corrected chi connectivity index (χ2v) is 16.4. The molecular formula is C37H70N2O12. The first kappa shape index (κ1) is 39.7. The summed E-state index contributed by atoms with van der Waals surface area (Å²) < 4.78 is 61.0. The number of nitrogens with two attached hydrogens (primary N) is 1. The van der Waals surface area contributed by atoms with Crippen molar-refractivity contribution in [1.29, 1.82) is 0 Å². The largest absolute Gasteiger partial charge is 0.459 e. The molecule has 3 heterocycles. The Kier molecular flexibility index (Phi) is 13.4. The number of nitrogens with zero attached hydrogens (tertiary/aromatic N) is 1. The highest BCUT2D eigenvalue weighted by Gasteiger charge is 2.53. The number of esters is 1. The van der Waals surface area contributed by atoms with Gasteiger partial charge in [0.25, 0.3) is 0 Å². The third kappa shape index (κ3) is 9.63. The smallest absolute Gasteiger partial charge is 0.311 e. The van der Waals surface area contributed by atoms with E-state index in [1.54, 1.807) is 48.5 Å². The van der Waals surface area contributed by atoms with E-state index in [0.717, 1.165) is 4.90 Å². The van der Waals surface area contributed by atoms with Crippen LogP contribution in [0.5, 0.6) is 0 Å². The Morgan fingerprint density at radius 1 is 0.980 bits per heavy atom. The highest BCUT2D eigenvalue weighted by atomic mass is 16.7. The molecule has 3 aliphatic rings. The Bertz CT molecular complexity index is 1230. The second-order valence-electron chi connectivity index (χ2n) is 16.4. The van der Waals surface area contributed by atoms with Gasteiger partial charge in [-0.25, -0.2) is 0 Å². The van der Waals surface area contributed by atoms with Gasteiger partial charge in [0.05, 0.1) is 47.6 Å². The number of aliphatic hydroxyl groups is 5.